The van der Waals surface area contributed by atoms with Gasteiger partial charge in [-0.05, 0) is 42.8 Å². The quantitative estimate of drug-likeness (QED) is 0.586. The van der Waals surface area contributed by atoms with Crippen molar-refractivity contribution in [1.82, 2.24) is 0 Å². The van der Waals surface area contributed by atoms with Crippen molar-refractivity contribution in [2.45, 2.75) is 36.8 Å². The van der Waals surface area contributed by atoms with E-state index in [1.807, 2.05) is 0 Å². The first kappa shape index (κ1) is 17.8. The molecule has 0 atom stereocenters. The standard InChI is InChI=1S/C12H9F7OS/c1-6-3-4-7(2)8(5-6)21-9(20)10(13,14)11(15,16)12(17,18)19/h3-5H,1-2H3. The Hall–Kier alpha value is -1.25. The minimum Gasteiger partial charge on any atom is -0.280 e. The third-order valence-electron chi connectivity index (χ3n) is 2.55. The number of thioether (sulfide) groups is 1. The molecule has 0 aliphatic heterocycles. The van der Waals surface area contributed by atoms with Crippen molar-refractivity contribution in [2.75, 3.05) is 0 Å². The third-order valence-corrected chi connectivity index (χ3v) is 3.65. The monoisotopic (exact) mass is 334 g/mol. The van der Waals surface area contributed by atoms with Crippen molar-refractivity contribution in [3.05, 3.63) is 29.3 Å². The number of benzene rings is 1. The summed E-state index contributed by atoms with van der Waals surface area (Å²) in [6, 6.07) is 4.26. The minimum absolute atomic E-state index is 0.0994. The van der Waals surface area contributed by atoms with Crippen LogP contribution < -0.4 is 0 Å². The molecular formula is C12H9F7OS. The molecule has 0 saturated carbocycles. The lowest BCUT2D eigenvalue weighted by molar-refractivity contribution is -0.341. The lowest BCUT2D eigenvalue weighted by Crippen LogP contribution is -2.55. The molecule has 1 rings (SSSR count). The summed E-state index contributed by atoms with van der Waals surface area (Å²) in [6.07, 6.45) is -6.52. The van der Waals surface area contributed by atoms with Crippen LogP contribution in [-0.2, 0) is 4.79 Å². The molecule has 0 radical (unpaired) electrons. The second kappa shape index (κ2) is 5.51. The van der Waals surface area contributed by atoms with Gasteiger partial charge in [0.2, 0.25) is 0 Å². The number of aryl methyl sites for hydroxylation is 2. The van der Waals surface area contributed by atoms with Gasteiger partial charge >= 0.3 is 18.0 Å². The molecule has 0 saturated heterocycles. The summed E-state index contributed by atoms with van der Waals surface area (Å²) >= 11 is -0.335. The van der Waals surface area contributed by atoms with Gasteiger partial charge in [0.1, 0.15) is 0 Å². The first-order chi connectivity index (χ1) is 9.30. The number of carbonyl (C=O) groups is 1. The summed E-state index contributed by atoms with van der Waals surface area (Å²) in [4.78, 5) is 11.1. The Morgan fingerprint density at radius 1 is 1.00 bits per heavy atom. The Morgan fingerprint density at radius 2 is 1.52 bits per heavy atom. The zero-order valence-electron chi connectivity index (χ0n) is 10.7. The molecule has 1 aromatic carbocycles. The normalized spacial score (nSPS) is 13.4. The van der Waals surface area contributed by atoms with E-state index in [4.69, 9.17) is 0 Å². The summed E-state index contributed by atoms with van der Waals surface area (Å²) in [5.41, 5.74) is 0.854. The van der Waals surface area contributed by atoms with E-state index in [1.54, 1.807) is 13.0 Å². The summed E-state index contributed by atoms with van der Waals surface area (Å²) < 4.78 is 87.7. The fraction of sp³-hybridized carbons (Fsp3) is 0.417. The summed E-state index contributed by atoms with van der Waals surface area (Å²) in [5, 5.41) is -2.56. The Bertz CT molecular complexity index is 551. The number of hydrogen-bond donors (Lipinski definition) is 0. The number of rotatable bonds is 3. The summed E-state index contributed by atoms with van der Waals surface area (Å²) in [7, 11) is 0. The molecular weight excluding hydrogens is 325 g/mol. The summed E-state index contributed by atoms with van der Waals surface area (Å²) in [6.45, 7) is 2.96. The van der Waals surface area contributed by atoms with Crippen LogP contribution in [0.3, 0.4) is 0 Å². The van der Waals surface area contributed by atoms with Gasteiger partial charge < -0.3 is 0 Å². The van der Waals surface area contributed by atoms with Crippen molar-refractivity contribution in [1.29, 1.82) is 0 Å². The van der Waals surface area contributed by atoms with Gasteiger partial charge in [-0.15, -0.1) is 0 Å². The number of hydrogen-bond acceptors (Lipinski definition) is 2. The van der Waals surface area contributed by atoms with Gasteiger partial charge in [-0.2, -0.15) is 30.7 Å². The van der Waals surface area contributed by atoms with Crippen LogP contribution in [0.1, 0.15) is 11.1 Å². The van der Waals surface area contributed by atoms with Crippen LogP contribution in [0.15, 0.2) is 23.1 Å². The van der Waals surface area contributed by atoms with Crippen molar-refractivity contribution in [3.63, 3.8) is 0 Å². The molecule has 1 aromatic rings. The molecule has 0 aromatic heterocycles. The fourth-order valence-corrected chi connectivity index (χ4v) is 2.22. The fourth-order valence-electron chi connectivity index (χ4n) is 1.29. The van der Waals surface area contributed by atoms with Gasteiger partial charge in [-0.25, -0.2) is 0 Å². The molecule has 0 N–H and O–H groups in total. The van der Waals surface area contributed by atoms with Crippen LogP contribution in [0, 0.1) is 13.8 Å². The number of alkyl halides is 7. The second-order valence-corrected chi connectivity index (χ2v) is 5.32. The van der Waals surface area contributed by atoms with E-state index in [2.05, 4.69) is 0 Å². The lowest BCUT2D eigenvalue weighted by atomic mass is 10.2. The predicted octanol–water partition coefficient (Wildman–Crippen LogP) is 4.76. The van der Waals surface area contributed by atoms with Crippen LogP contribution in [0.2, 0.25) is 0 Å². The SMILES string of the molecule is Cc1ccc(C)c(SC(=O)C(F)(F)C(F)(F)C(F)(F)F)c1. The van der Waals surface area contributed by atoms with E-state index in [0.29, 0.717) is 11.1 Å². The number of carbonyl (C=O) groups excluding carboxylic acids is 1. The molecule has 0 unspecified atom stereocenters. The molecule has 9 heteroatoms. The van der Waals surface area contributed by atoms with Crippen molar-refractivity contribution >= 4 is 16.9 Å². The average Bonchev–Trinajstić information content (AvgIpc) is 2.32. The molecule has 0 heterocycles. The third kappa shape index (κ3) is 3.33. The van der Waals surface area contributed by atoms with E-state index in [-0.39, 0.29) is 16.7 Å². The smallest absolute Gasteiger partial charge is 0.280 e. The highest BCUT2D eigenvalue weighted by molar-refractivity contribution is 8.13. The Labute approximate surface area is 119 Å². The molecule has 0 bridgehead atoms. The highest BCUT2D eigenvalue weighted by Gasteiger charge is 2.76. The van der Waals surface area contributed by atoms with Crippen LogP contribution in [0.25, 0.3) is 0 Å². The molecule has 118 valence electrons. The highest BCUT2D eigenvalue weighted by atomic mass is 32.2. The molecule has 0 fully saturated rings. The maximum Gasteiger partial charge on any atom is 0.460 e. The van der Waals surface area contributed by atoms with Crippen LogP contribution in [0.5, 0.6) is 0 Å². The van der Waals surface area contributed by atoms with Crippen molar-refractivity contribution in [3.8, 4) is 0 Å². The minimum atomic E-state index is -6.52. The average molecular weight is 334 g/mol. The lowest BCUT2D eigenvalue weighted by Gasteiger charge is -2.26. The molecule has 0 aliphatic rings. The van der Waals surface area contributed by atoms with E-state index >= 15 is 0 Å². The van der Waals surface area contributed by atoms with Gasteiger partial charge in [0.15, 0.2) is 0 Å². The van der Waals surface area contributed by atoms with Crippen molar-refractivity contribution < 1.29 is 35.5 Å². The number of halogens is 7. The van der Waals surface area contributed by atoms with Gasteiger partial charge in [0, 0.05) is 4.90 Å². The van der Waals surface area contributed by atoms with E-state index in [9.17, 15) is 35.5 Å². The molecule has 1 nitrogen and oxygen atoms in total. The van der Waals surface area contributed by atoms with Gasteiger partial charge in [-0.1, -0.05) is 12.1 Å². The van der Waals surface area contributed by atoms with Crippen LogP contribution in [0.4, 0.5) is 30.7 Å². The van der Waals surface area contributed by atoms with Crippen molar-refractivity contribution in [2.24, 2.45) is 0 Å². The predicted molar refractivity (Wildman–Crippen MR) is 62.7 cm³/mol. The zero-order chi connectivity index (χ0) is 16.6. The Balaban J connectivity index is 3.10. The summed E-state index contributed by atoms with van der Waals surface area (Å²) in [5.74, 6) is -12.3. The zero-order valence-corrected chi connectivity index (χ0v) is 11.5. The van der Waals surface area contributed by atoms with Crippen LogP contribution >= 0.6 is 11.8 Å². The second-order valence-electron chi connectivity index (χ2n) is 4.31. The Morgan fingerprint density at radius 3 is 2.00 bits per heavy atom. The van der Waals surface area contributed by atoms with Gasteiger partial charge in [0.05, 0.1) is 0 Å². The van der Waals surface area contributed by atoms with E-state index in [0.717, 1.165) is 0 Å². The van der Waals surface area contributed by atoms with E-state index < -0.39 is 23.1 Å². The van der Waals surface area contributed by atoms with Gasteiger partial charge in [0.25, 0.3) is 5.12 Å². The van der Waals surface area contributed by atoms with Crippen LogP contribution in [-0.4, -0.2) is 23.1 Å². The molecule has 21 heavy (non-hydrogen) atoms. The topological polar surface area (TPSA) is 17.1 Å². The first-order valence-electron chi connectivity index (χ1n) is 5.42. The first-order valence-corrected chi connectivity index (χ1v) is 6.24. The Kier molecular flexibility index (Phi) is 4.67. The highest BCUT2D eigenvalue weighted by Crippen LogP contribution is 2.49. The van der Waals surface area contributed by atoms with Gasteiger partial charge in [-0.3, -0.25) is 4.79 Å². The largest absolute Gasteiger partial charge is 0.460 e. The molecule has 0 amide bonds. The maximum atomic E-state index is 13.2. The molecule has 0 aliphatic carbocycles. The van der Waals surface area contributed by atoms with E-state index in [1.165, 1.54) is 19.1 Å². The maximum absolute atomic E-state index is 13.2. The molecule has 0 spiro atoms.